The van der Waals surface area contributed by atoms with Gasteiger partial charge in [-0.05, 0) is 0 Å². The molecule has 0 heterocycles. The topological polar surface area (TPSA) is 17.1 Å². The Balaban J connectivity index is -0.00000000167. The fourth-order valence-corrected chi connectivity index (χ4v) is 0. The summed E-state index contributed by atoms with van der Waals surface area (Å²) in [7, 11) is 0. The van der Waals surface area contributed by atoms with Crippen LogP contribution in [0, 0.1) is 0 Å². The molecule has 1 nitrogen and oxygen atoms in total. The van der Waals surface area contributed by atoms with E-state index < -0.39 is 0 Å². The van der Waals surface area contributed by atoms with Gasteiger partial charge in [-0.1, -0.05) is 0 Å². The van der Waals surface area contributed by atoms with Crippen molar-refractivity contribution in [2.45, 2.75) is 0 Å². The standard InChI is InChI=1S/Co.Li.2Ni.O. The van der Waals surface area contributed by atoms with Crippen LogP contribution in [0.4, 0.5) is 0 Å². The van der Waals surface area contributed by atoms with Crippen molar-refractivity contribution in [1.29, 1.82) is 0 Å². The Morgan fingerprint density at radius 1 is 1.20 bits per heavy atom. The van der Waals surface area contributed by atoms with E-state index in [0.29, 0.717) is 0 Å². The summed E-state index contributed by atoms with van der Waals surface area (Å²) in [4.78, 5) is 0. The molecule has 36 valence electrons. The van der Waals surface area contributed by atoms with Crippen LogP contribution in [0.5, 0.6) is 0 Å². The molecule has 0 fully saturated rings. The molecule has 5 heavy (non-hydrogen) atoms. The van der Waals surface area contributed by atoms with Gasteiger partial charge in [0.05, 0.1) is 0 Å². The van der Waals surface area contributed by atoms with Crippen LogP contribution in [0.25, 0.3) is 0 Å². The van der Waals surface area contributed by atoms with E-state index in [9.17, 15) is 0 Å². The maximum absolute atomic E-state index is 7.88. The van der Waals surface area contributed by atoms with Crippen LogP contribution in [0.2, 0.25) is 0 Å². The molecule has 0 amide bonds. The predicted octanol–water partition coefficient (Wildman–Crippen LogP) is -0.507. The molecule has 0 aromatic heterocycles. The van der Waals surface area contributed by atoms with Gasteiger partial charge in [0.15, 0.2) is 0 Å². The molecule has 0 rings (SSSR count). The van der Waals surface area contributed by atoms with Gasteiger partial charge in [-0.2, -0.15) is 0 Å². The monoisotopic (exact) mass is 198 g/mol. The third-order valence-corrected chi connectivity index (χ3v) is 0. The van der Waals surface area contributed by atoms with Crippen LogP contribution in [-0.2, 0) is 52.6 Å². The summed E-state index contributed by atoms with van der Waals surface area (Å²) in [5.41, 5.74) is 0. The second-order valence-corrected chi connectivity index (χ2v) is 0. The van der Waals surface area contributed by atoms with Gasteiger partial charge in [-0.25, -0.2) is 0 Å². The second-order valence-electron chi connectivity index (χ2n) is 0. The third-order valence-electron chi connectivity index (χ3n) is 0. The predicted molar refractivity (Wildman–Crippen MR) is 6.44 cm³/mol. The fourth-order valence-electron chi connectivity index (χ4n) is 0. The first kappa shape index (κ1) is 28.6. The van der Waals surface area contributed by atoms with Gasteiger partial charge >= 0.3 is 19.3 Å². The summed E-state index contributed by atoms with van der Waals surface area (Å²) in [5, 5.41) is 0. The summed E-state index contributed by atoms with van der Waals surface area (Å²) in [5.74, 6) is 0. The summed E-state index contributed by atoms with van der Waals surface area (Å²) in [6, 6.07) is 0. The molecule has 0 saturated carbocycles. The van der Waals surface area contributed by atoms with Crippen LogP contribution in [0.1, 0.15) is 0 Å². The van der Waals surface area contributed by atoms with Crippen LogP contribution >= 0.6 is 0 Å². The zero-order chi connectivity index (χ0) is 2.00. The molecule has 0 aliphatic rings. The average Bonchev–Trinajstić information content (AvgIpc) is 1.00. The minimum absolute atomic E-state index is 0. The molecule has 2 radical (unpaired) electrons. The molecule has 0 aromatic rings. The molecule has 0 aromatic carbocycles. The first-order valence-corrected chi connectivity index (χ1v) is 0.532. The van der Waals surface area contributed by atoms with Gasteiger partial charge in [0.2, 0.25) is 0 Å². The van der Waals surface area contributed by atoms with E-state index in [0.717, 1.165) is 0 Å². The minimum atomic E-state index is 0. The van der Waals surface area contributed by atoms with E-state index in [1.54, 1.807) is 0 Å². The zero-order valence-electron chi connectivity index (χ0n) is 2.37. The maximum atomic E-state index is 7.88. The van der Waals surface area contributed by atoms with Gasteiger partial charge < -0.3 is 0 Å². The van der Waals surface area contributed by atoms with Gasteiger partial charge in [-0.3, -0.25) is 0 Å². The van der Waals surface area contributed by atoms with Crippen molar-refractivity contribution in [3.05, 3.63) is 0 Å². The third kappa shape index (κ3) is 24.9. The molecular weight excluding hydrogens is 199 g/mol. The second kappa shape index (κ2) is 39.4. The average molecular weight is 199 g/mol. The normalized spacial score (nSPS) is 1.20. The van der Waals surface area contributed by atoms with Crippen molar-refractivity contribution in [3.8, 4) is 0 Å². The molecule has 0 unspecified atom stereocenters. The van der Waals surface area contributed by atoms with Gasteiger partial charge in [-0.15, -0.1) is 0 Å². The molecule has 0 atom stereocenters. The first-order valence-electron chi connectivity index (χ1n) is 0.129. The van der Waals surface area contributed by atoms with E-state index in [1.165, 1.54) is 0 Å². The quantitative estimate of drug-likeness (QED) is 0.480. The molecule has 0 saturated heterocycles. The number of hydrogen-bond acceptors (Lipinski definition) is 1. The fraction of sp³-hybridized carbons (Fsp3) is 0. The molecule has 0 bridgehead atoms. The van der Waals surface area contributed by atoms with E-state index >= 15 is 0 Å². The van der Waals surface area contributed by atoms with Gasteiger partial charge in [0, 0.05) is 52.1 Å². The summed E-state index contributed by atoms with van der Waals surface area (Å²) >= 11 is 2.62. The summed E-state index contributed by atoms with van der Waals surface area (Å²) in [6.45, 7) is 0. The first-order chi connectivity index (χ1) is 1.00. The molecule has 0 spiro atoms. The van der Waals surface area contributed by atoms with Gasteiger partial charge in [0.1, 0.15) is 0 Å². The molecular formula is CoLiNi2O. The van der Waals surface area contributed by atoms with Crippen LogP contribution in [0.3, 0.4) is 0 Å². The van der Waals surface area contributed by atoms with E-state index in [-0.39, 0.29) is 52.1 Å². The van der Waals surface area contributed by atoms with E-state index in [2.05, 4.69) is 15.4 Å². The Bertz CT molecular complexity index is 9.61. The summed E-state index contributed by atoms with van der Waals surface area (Å²) < 4.78 is 7.88. The number of hydrogen-bond donors (Lipinski definition) is 0. The number of rotatable bonds is 0. The van der Waals surface area contributed by atoms with Crippen LogP contribution in [-0.4, -0.2) is 18.9 Å². The van der Waals surface area contributed by atoms with Crippen molar-refractivity contribution < 1.29 is 52.6 Å². The Morgan fingerprint density at radius 2 is 1.20 bits per heavy atom. The van der Waals surface area contributed by atoms with E-state index in [4.69, 9.17) is 3.90 Å². The Labute approximate surface area is 70.9 Å². The van der Waals surface area contributed by atoms with Gasteiger partial charge in [0.25, 0.3) is 0 Å². The Hall–Kier alpha value is 1.89. The van der Waals surface area contributed by atoms with Crippen molar-refractivity contribution >= 4 is 18.9 Å². The van der Waals surface area contributed by atoms with E-state index in [1.807, 2.05) is 0 Å². The SMILES string of the molecule is [Co].[Li].[Ni].[O]=[Ni]. The van der Waals surface area contributed by atoms with Crippen molar-refractivity contribution in [1.82, 2.24) is 0 Å². The molecule has 5 heteroatoms. The summed E-state index contributed by atoms with van der Waals surface area (Å²) in [6.07, 6.45) is 0. The zero-order valence-corrected chi connectivity index (χ0v) is 5.39. The Morgan fingerprint density at radius 3 is 1.20 bits per heavy atom. The molecule has 0 N–H and O–H groups in total. The van der Waals surface area contributed by atoms with Crippen molar-refractivity contribution in [2.75, 3.05) is 0 Å². The molecule has 0 aliphatic heterocycles. The van der Waals surface area contributed by atoms with Crippen LogP contribution in [0.15, 0.2) is 0 Å². The van der Waals surface area contributed by atoms with Crippen molar-refractivity contribution in [3.63, 3.8) is 0 Å². The Kier molecular flexibility index (Phi) is 226. The van der Waals surface area contributed by atoms with Crippen LogP contribution < -0.4 is 0 Å². The van der Waals surface area contributed by atoms with Crippen molar-refractivity contribution in [2.24, 2.45) is 0 Å². The molecule has 0 aliphatic carbocycles.